The van der Waals surface area contributed by atoms with E-state index >= 15 is 0 Å². The number of azide groups is 1. The minimum atomic E-state index is -0.498. The van der Waals surface area contributed by atoms with Gasteiger partial charge in [0.15, 0.2) is 5.82 Å². The lowest BCUT2D eigenvalue weighted by Crippen LogP contribution is -2.08. The molecule has 1 rings (SSSR count). The molecular formula is C7H10N6O2. The highest BCUT2D eigenvalue weighted by Crippen LogP contribution is 2.14. The summed E-state index contributed by atoms with van der Waals surface area (Å²) < 4.78 is 1.45. The Morgan fingerprint density at radius 3 is 3.07 bits per heavy atom. The van der Waals surface area contributed by atoms with Gasteiger partial charge in [0.1, 0.15) is 6.20 Å². The lowest BCUT2D eigenvalue weighted by atomic mass is 10.4. The summed E-state index contributed by atoms with van der Waals surface area (Å²) in [5, 5.41) is 14.0. The van der Waals surface area contributed by atoms with Gasteiger partial charge in [0.25, 0.3) is 0 Å². The van der Waals surface area contributed by atoms with Crippen LogP contribution in [0.3, 0.4) is 0 Å². The molecule has 0 aliphatic rings. The first kappa shape index (κ1) is 11.0. The summed E-state index contributed by atoms with van der Waals surface area (Å²) >= 11 is 0. The summed E-state index contributed by atoms with van der Waals surface area (Å²) in [7, 11) is 0. The number of hydrogen-bond donors (Lipinski definition) is 0. The van der Waals surface area contributed by atoms with Crippen molar-refractivity contribution in [3.8, 4) is 0 Å². The monoisotopic (exact) mass is 210 g/mol. The second-order valence-corrected chi connectivity index (χ2v) is 2.75. The third kappa shape index (κ3) is 2.44. The van der Waals surface area contributed by atoms with Crippen molar-refractivity contribution in [3.63, 3.8) is 0 Å². The maximum Gasteiger partial charge on any atom is 0.342 e. The van der Waals surface area contributed by atoms with Gasteiger partial charge in [-0.25, -0.2) is 9.55 Å². The Hall–Kier alpha value is -2.08. The molecule has 0 amide bonds. The van der Waals surface area contributed by atoms with Crippen molar-refractivity contribution in [1.82, 2.24) is 9.55 Å². The van der Waals surface area contributed by atoms with Gasteiger partial charge >= 0.3 is 5.82 Å². The van der Waals surface area contributed by atoms with Crippen LogP contribution in [0.1, 0.15) is 12.7 Å². The van der Waals surface area contributed by atoms with Crippen LogP contribution < -0.4 is 0 Å². The van der Waals surface area contributed by atoms with Gasteiger partial charge in [0.05, 0.1) is 13.1 Å². The van der Waals surface area contributed by atoms with E-state index in [-0.39, 0.29) is 18.9 Å². The number of rotatable bonds is 5. The Bertz CT molecular complexity index is 406. The van der Waals surface area contributed by atoms with E-state index in [1.165, 1.54) is 10.8 Å². The Morgan fingerprint density at radius 2 is 2.53 bits per heavy atom. The fourth-order valence-corrected chi connectivity index (χ4v) is 1.26. The van der Waals surface area contributed by atoms with Gasteiger partial charge in [0.2, 0.25) is 0 Å². The summed E-state index contributed by atoms with van der Waals surface area (Å²) in [6.45, 7) is 2.32. The average molecular weight is 210 g/mol. The largest absolute Gasteiger partial charge is 0.358 e. The summed E-state index contributed by atoms with van der Waals surface area (Å²) in [5.74, 6) is 0.551. The number of hydrogen-bond acceptors (Lipinski definition) is 4. The molecule has 0 unspecified atom stereocenters. The topological polar surface area (TPSA) is 110 Å². The Morgan fingerprint density at radius 1 is 1.80 bits per heavy atom. The number of aryl methyl sites for hydroxylation is 1. The molecule has 8 nitrogen and oxygen atoms in total. The molecule has 80 valence electrons. The van der Waals surface area contributed by atoms with Crippen LogP contribution in [-0.4, -0.2) is 21.0 Å². The van der Waals surface area contributed by atoms with Crippen molar-refractivity contribution in [1.29, 1.82) is 0 Å². The van der Waals surface area contributed by atoms with Crippen molar-refractivity contribution < 1.29 is 4.92 Å². The molecule has 0 fully saturated rings. The van der Waals surface area contributed by atoms with E-state index in [9.17, 15) is 10.1 Å². The molecule has 0 saturated heterocycles. The Balaban J connectivity index is 2.94. The van der Waals surface area contributed by atoms with Crippen LogP contribution in [0.25, 0.3) is 10.4 Å². The molecule has 0 aliphatic heterocycles. The molecule has 15 heavy (non-hydrogen) atoms. The zero-order valence-electron chi connectivity index (χ0n) is 8.20. The van der Waals surface area contributed by atoms with Crippen molar-refractivity contribution in [2.75, 3.05) is 6.54 Å². The Labute approximate surface area is 85.3 Å². The normalized spacial score (nSPS) is 9.67. The third-order valence-electron chi connectivity index (χ3n) is 1.91. The van der Waals surface area contributed by atoms with E-state index in [1.54, 1.807) is 0 Å². The number of nitro groups is 1. The predicted octanol–water partition coefficient (Wildman–Crippen LogP) is 1.66. The summed E-state index contributed by atoms with van der Waals surface area (Å²) in [6.07, 6.45) is 1.82. The molecule has 0 atom stereocenters. The van der Waals surface area contributed by atoms with E-state index in [0.717, 1.165) is 0 Å². The third-order valence-corrected chi connectivity index (χ3v) is 1.91. The summed E-state index contributed by atoms with van der Waals surface area (Å²) in [6, 6.07) is 0. The smallest absolute Gasteiger partial charge is 0.342 e. The first-order valence-corrected chi connectivity index (χ1v) is 4.40. The van der Waals surface area contributed by atoms with E-state index in [4.69, 9.17) is 5.53 Å². The van der Waals surface area contributed by atoms with Crippen LogP contribution in [0.4, 0.5) is 5.82 Å². The molecular weight excluding hydrogens is 200 g/mol. The van der Waals surface area contributed by atoms with E-state index in [2.05, 4.69) is 15.0 Å². The molecule has 0 bridgehead atoms. The molecule has 1 aromatic heterocycles. The van der Waals surface area contributed by atoms with Crippen LogP contribution in [0.5, 0.6) is 0 Å². The molecule has 0 N–H and O–H groups in total. The second kappa shape index (κ2) is 4.97. The fourth-order valence-electron chi connectivity index (χ4n) is 1.26. The standard InChI is InChI=1S/C7H10N6O2/c1-2-6-9-5-7(13(14)15)12(6)4-3-10-11-8/h5H,2-4H2,1H3. The Kier molecular flexibility index (Phi) is 3.64. The molecule has 1 heterocycles. The molecule has 8 heteroatoms. The fraction of sp³-hybridized carbons (Fsp3) is 0.571. The van der Waals surface area contributed by atoms with Crippen LogP contribution >= 0.6 is 0 Å². The van der Waals surface area contributed by atoms with Crippen LogP contribution in [0.2, 0.25) is 0 Å². The van der Waals surface area contributed by atoms with Gasteiger partial charge in [-0.3, -0.25) is 0 Å². The van der Waals surface area contributed by atoms with Gasteiger partial charge in [-0.05, 0) is 10.5 Å². The molecule has 0 aliphatic carbocycles. The average Bonchev–Trinajstić information content (AvgIpc) is 2.61. The molecule has 0 saturated carbocycles. The van der Waals surface area contributed by atoms with Gasteiger partial charge in [-0.1, -0.05) is 12.0 Å². The van der Waals surface area contributed by atoms with E-state index < -0.39 is 4.92 Å². The van der Waals surface area contributed by atoms with E-state index in [1.807, 2.05) is 6.92 Å². The minimum Gasteiger partial charge on any atom is -0.358 e. The van der Waals surface area contributed by atoms with Gasteiger partial charge < -0.3 is 10.1 Å². The summed E-state index contributed by atoms with van der Waals surface area (Å²) in [5.41, 5.74) is 8.10. The first-order chi connectivity index (χ1) is 7.20. The van der Waals surface area contributed by atoms with E-state index in [0.29, 0.717) is 12.2 Å². The molecule has 0 spiro atoms. The quantitative estimate of drug-likeness (QED) is 0.242. The highest BCUT2D eigenvalue weighted by Gasteiger charge is 2.17. The molecule has 0 radical (unpaired) electrons. The zero-order chi connectivity index (χ0) is 11.3. The van der Waals surface area contributed by atoms with Crippen molar-refractivity contribution in [2.24, 2.45) is 5.11 Å². The number of imidazole rings is 1. The maximum absolute atomic E-state index is 10.6. The second-order valence-electron chi connectivity index (χ2n) is 2.75. The molecule has 0 aromatic carbocycles. The predicted molar refractivity (Wildman–Crippen MR) is 52.3 cm³/mol. The minimum absolute atomic E-state index is 0.0695. The van der Waals surface area contributed by atoms with Crippen LogP contribution in [0, 0.1) is 10.1 Å². The summed E-state index contributed by atoms with van der Waals surface area (Å²) in [4.78, 5) is 16.6. The first-order valence-electron chi connectivity index (χ1n) is 4.40. The number of nitrogens with zero attached hydrogens (tertiary/aromatic N) is 6. The van der Waals surface area contributed by atoms with Crippen molar-refractivity contribution in [3.05, 3.63) is 32.6 Å². The lowest BCUT2D eigenvalue weighted by molar-refractivity contribution is -0.392. The lowest BCUT2D eigenvalue weighted by Gasteiger charge is -2.00. The highest BCUT2D eigenvalue weighted by atomic mass is 16.6. The van der Waals surface area contributed by atoms with Gasteiger partial charge in [-0.2, -0.15) is 0 Å². The molecule has 1 aromatic rings. The SMILES string of the molecule is CCc1ncc([N+](=O)[O-])n1CCN=[N+]=[N-]. The van der Waals surface area contributed by atoms with Crippen molar-refractivity contribution >= 4 is 5.82 Å². The highest BCUT2D eigenvalue weighted by molar-refractivity contribution is 5.19. The van der Waals surface area contributed by atoms with Gasteiger partial charge in [-0.15, -0.1) is 0 Å². The van der Waals surface area contributed by atoms with Crippen LogP contribution in [-0.2, 0) is 13.0 Å². The number of aromatic nitrogens is 2. The zero-order valence-corrected chi connectivity index (χ0v) is 8.20. The van der Waals surface area contributed by atoms with Gasteiger partial charge in [0, 0.05) is 11.3 Å². The maximum atomic E-state index is 10.6. The van der Waals surface area contributed by atoms with Crippen LogP contribution in [0.15, 0.2) is 11.3 Å². The van der Waals surface area contributed by atoms with Crippen molar-refractivity contribution in [2.45, 2.75) is 19.9 Å².